The molecule has 4 aliphatic heterocycles. The van der Waals surface area contributed by atoms with Gasteiger partial charge in [0, 0.05) is 69.4 Å². The third-order valence-corrected chi connectivity index (χ3v) is 10.1. The number of fused-ring (bicyclic) bond motifs is 3. The zero-order chi connectivity index (χ0) is 34.6. The molecule has 6 atom stereocenters. The number of nitrogens with zero attached hydrogens (tertiary/aromatic N) is 2. The van der Waals surface area contributed by atoms with Crippen LogP contribution in [0, 0.1) is 17.7 Å². The van der Waals surface area contributed by atoms with E-state index in [9.17, 15) is 23.9 Å². The molecule has 1 amide bonds. The van der Waals surface area contributed by atoms with E-state index in [2.05, 4.69) is 10.6 Å². The van der Waals surface area contributed by atoms with Crippen molar-refractivity contribution in [3.05, 3.63) is 33.9 Å². The molecule has 4 saturated heterocycles. The fourth-order valence-electron chi connectivity index (χ4n) is 7.46. The normalized spacial score (nSPS) is 30.9. The molecule has 7 rings (SSSR count). The van der Waals surface area contributed by atoms with Crippen molar-refractivity contribution in [1.29, 1.82) is 0 Å². The minimum Gasteiger partial charge on any atom is -0.492 e. The van der Waals surface area contributed by atoms with E-state index in [4.69, 9.17) is 24.7 Å². The Hall–Kier alpha value is -3.53. The molecule has 5 heterocycles. The zero-order valence-corrected chi connectivity index (χ0v) is 27.8. The van der Waals surface area contributed by atoms with Gasteiger partial charge in [0.25, 0.3) is 0 Å². The van der Waals surface area contributed by atoms with Gasteiger partial charge in [0.1, 0.15) is 23.0 Å². The van der Waals surface area contributed by atoms with E-state index in [0.717, 1.165) is 31.8 Å². The van der Waals surface area contributed by atoms with Gasteiger partial charge in [-0.05, 0) is 39.7 Å². The molecule has 15 heteroatoms. The van der Waals surface area contributed by atoms with E-state index in [1.165, 1.54) is 11.7 Å². The first kappa shape index (κ1) is 34.3. The topological polar surface area (TPSA) is 167 Å². The first-order chi connectivity index (χ1) is 22.7. The van der Waals surface area contributed by atoms with E-state index in [-0.39, 0.29) is 46.3 Å². The van der Waals surface area contributed by atoms with Gasteiger partial charge in [-0.2, -0.15) is 0 Å². The number of halogens is 2. The summed E-state index contributed by atoms with van der Waals surface area (Å²) in [6.07, 6.45) is 1.30. The van der Waals surface area contributed by atoms with Gasteiger partial charge < -0.3 is 49.9 Å². The molecule has 13 nitrogen and oxygen atoms in total. The molecule has 5 fully saturated rings. The predicted octanol–water partition coefficient (Wildman–Crippen LogP) is 2.57. The van der Waals surface area contributed by atoms with Gasteiger partial charge in [-0.3, -0.25) is 4.79 Å². The van der Waals surface area contributed by atoms with E-state index in [0.29, 0.717) is 51.9 Å². The fraction of sp³-hybridized carbons (Fsp3) is 0.667. The number of pyridine rings is 1. The van der Waals surface area contributed by atoms with Crippen LogP contribution in [0.3, 0.4) is 0 Å². The van der Waals surface area contributed by atoms with Crippen molar-refractivity contribution in [2.45, 2.75) is 68.9 Å². The highest BCUT2D eigenvalue weighted by Crippen LogP contribution is 2.47. The summed E-state index contributed by atoms with van der Waals surface area (Å²) in [5.74, 6) is -1.73. The molecular formula is C33H45F2N5O8. The maximum absolute atomic E-state index is 15.4. The van der Waals surface area contributed by atoms with Crippen LogP contribution in [0.4, 0.5) is 19.3 Å². The van der Waals surface area contributed by atoms with Crippen LogP contribution in [0.15, 0.2) is 17.1 Å². The highest BCUT2D eigenvalue weighted by atomic mass is 19.1. The number of nitrogens with two attached hydrogens (primary N) is 1. The largest absolute Gasteiger partial charge is 0.492 e. The Balaban J connectivity index is 0.000000200. The van der Waals surface area contributed by atoms with Crippen LogP contribution >= 0.6 is 0 Å². The molecule has 0 bridgehead atoms. The van der Waals surface area contributed by atoms with Crippen LogP contribution < -0.4 is 31.4 Å². The van der Waals surface area contributed by atoms with Gasteiger partial charge in [0.2, 0.25) is 5.43 Å². The van der Waals surface area contributed by atoms with E-state index in [1.807, 2.05) is 20.8 Å². The average Bonchev–Trinajstić information content (AvgIpc) is 3.42. The summed E-state index contributed by atoms with van der Waals surface area (Å²) < 4.78 is 52.7. The van der Waals surface area contributed by atoms with Crippen molar-refractivity contribution >= 4 is 28.7 Å². The number of carbonyl (C=O) groups is 2. The smallest absolute Gasteiger partial charge is 0.408 e. The minimum absolute atomic E-state index is 0.0105. The molecule has 1 aromatic carbocycles. The number of ether oxygens (including phenoxy) is 4. The lowest BCUT2D eigenvalue weighted by atomic mass is 9.83. The van der Waals surface area contributed by atoms with Crippen molar-refractivity contribution in [3.63, 3.8) is 0 Å². The van der Waals surface area contributed by atoms with Crippen molar-refractivity contribution in [1.82, 2.24) is 15.2 Å². The number of hydrogen-bond acceptors (Lipinski definition) is 10. The Kier molecular flexibility index (Phi) is 9.11. The number of methoxy groups -OCH3 is 1. The van der Waals surface area contributed by atoms with Crippen LogP contribution in [0.2, 0.25) is 0 Å². The molecule has 5 aliphatic rings. The standard InChI is InChI=1S/C21H23F2N3O5.C12H22N2O3/c1-30-19-16-11(18(27)12(20(28)29)7-26(16)15-5-13(15)22)4-14(23)17(19)25-6-10-8-31-3-2-21(10,24)9-25;1-11(2,3)17-10(15)14-12-4-5-16-7-9(12)6-13-8-12/h4,7,10,13,15H,2-3,5-6,8-9,24H2,1H3,(H,28,29);9,13H,4-8H2,1-3H3,(H,14,15)/t10-,13-,15+,21+;9-,12+/m00/s1. The van der Waals surface area contributed by atoms with Gasteiger partial charge in [0.15, 0.2) is 11.6 Å². The second kappa shape index (κ2) is 12.7. The summed E-state index contributed by atoms with van der Waals surface area (Å²) in [5.41, 5.74) is 4.37. The quantitative estimate of drug-likeness (QED) is 0.368. The number of carboxylic acid groups (broad SMARTS) is 1. The van der Waals surface area contributed by atoms with Crippen molar-refractivity contribution in [3.8, 4) is 5.75 Å². The lowest BCUT2D eigenvalue weighted by molar-refractivity contribution is -0.00166. The Morgan fingerprint density at radius 3 is 2.50 bits per heavy atom. The Morgan fingerprint density at radius 2 is 1.88 bits per heavy atom. The summed E-state index contributed by atoms with van der Waals surface area (Å²) >= 11 is 0. The van der Waals surface area contributed by atoms with Gasteiger partial charge in [-0.1, -0.05) is 0 Å². The number of carboxylic acids is 1. The highest BCUT2D eigenvalue weighted by molar-refractivity contribution is 5.97. The Bertz CT molecular complexity index is 1650. The number of aromatic carboxylic acids is 1. The third kappa shape index (κ3) is 6.44. The molecule has 1 saturated carbocycles. The number of alkyl carbamates (subject to hydrolysis) is 1. The van der Waals surface area contributed by atoms with Crippen LogP contribution in [0.25, 0.3) is 10.9 Å². The highest BCUT2D eigenvalue weighted by Gasteiger charge is 2.48. The minimum atomic E-state index is -1.45. The number of nitrogens with one attached hydrogen (secondary N) is 2. The second-order valence-corrected chi connectivity index (χ2v) is 14.6. The predicted molar refractivity (Wildman–Crippen MR) is 172 cm³/mol. The first-order valence-corrected chi connectivity index (χ1v) is 16.4. The molecule has 1 aromatic heterocycles. The number of anilines is 1. The van der Waals surface area contributed by atoms with Crippen LogP contribution in [-0.2, 0) is 14.2 Å². The third-order valence-electron chi connectivity index (χ3n) is 10.1. The molecule has 0 radical (unpaired) electrons. The summed E-state index contributed by atoms with van der Waals surface area (Å²) in [6.45, 7) is 10.6. The number of benzene rings is 1. The molecule has 2 aromatic rings. The maximum atomic E-state index is 15.4. The maximum Gasteiger partial charge on any atom is 0.408 e. The van der Waals surface area contributed by atoms with Gasteiger partial charge >= 0.3 is 12.1 Å². The van der Waals surface area contributed by atoms with E-state index >= 15 is 4.39 Å². The molecule has 0 unspecified atom stereocenters. The second-order valence-electron chi connectivity index (χ2n) is 14.6. The number of alkyl halides is 1. The van der Waals surface area contributed by atoms with Crippen molar-refractivity contribution in [2.24, 2.45) is 17.6 Å². The molecule has 0 spiro atoms. The number of aromatic nitrogens is 1. The lowest BCUT2D eigenvalue weighted by Gasteiger charge is -2.39. The fourth-order valence-corrected chi connectivity index (χ4v) is 7.46. The number of hydrogen-bond donors (Lipinski definition) is 4. The van der Waals surface area contributed by atoms with Crippen molar-refractivity contribution in [2.75, 3.05) is 64.6 Å². The van der Waals surface area contributed by atoms with E-state index < -0.39 is 46.1 Å². The monoisotopic (exact) mass is 677 g/mol. The number of carbonyl (C=O) groups excluding carboxylic acids is 1. The van der Waals surface area contributed by atoms with Gasteiger partial charge in [-0.25, -0.2) is 18.4 Å². The Morgan fingerprint density at radius 1 is 1.19 bits per heavy atom. The van der Waals surface area contributed by atoms with Crippen LogP contribution in [-0.4, -0.2) is 104 Å². The summed E-state index contributed by atoms with van der Waals surface area (Å²) in [6, 6.07) is 0.388. The first-order valence-electron chi connectivity index (χ1n) is 16.4. The number of amides is 1. The summed E-state index contributed by atoms with van der Waals surface area (Å²) in [7, 11) is 1.35. The summed E-state index contributed by atoms with van der Waals surface area (Å²) in [4.78, 5) is 38.0. The average molecular weight is 678 g/mol. The van der Waals surface area contributed by atoms with Crippen LogP contribution in [0.1, 0.15) is 56.4 Å². The zero-order valence-electron chi connectivity index (χ0n) is 27.8. The lowest BCUT2D eigenvalue weighted by Crippen LogP contribution is -2.58. The SMILES string of the molecule is CC(C)(C)OC(=O)N[C@@]12CCOC[C@@H]1CNC2.COc1c(N2C[C@H]3COCC[C@@]3(N)C2)c(F)cc2c(=O)c(C(=O)O)cn([C@@H]3C[C@@H]3F)c12. The molecule has 48 heavy (non-hydrogen) atoms. The number of rotatable bonds is 5. The molecule has 264 valence electrons. The molecule has 1 aliphatic carbocycles. The van der Waals surface area contributed by atoms with Gasteiger partial charge in [0.05, 0.1) is 42.8 Å². The molecular weight excluding hydrogens is 632 g/mol. The Labute approximate surface area is 277 Å². The summed E-state index contributed by atoms with van der Waals surface area (Å²) in [5, 5.41) is 15.6. The van der Waals surface area contributed by atoms with Crippen LogP contribution in [0.5, 0.6) is 5.75 Å². The van der Waals surface area contributed by atoms with E-state index in [1.54, 1.807) is 4.90 Å². The van der Waals surface area contributed by atoms with Gasteiger partial charge in [-0.15, -0.1) is 0 Å². The molecule has 5 N–H and O–H groups in total. The van der Waals surface area contributed by atoms with Crippen molar-refractivity contribution < 1.29 is 42.4 Å².